The topological polar surface area (TPSA) is 17.1 Å². The molecule has 0 atom stereocenters. The fourth-order valence-corrected chi connectivity index (χ4v) is 0.883. The molecule has 0 fully saturated rings. The van der Waals surface area contributed by atoms with Crippen molar-refractivity contribution in [2.75, 3.05) is 0 Å². The number of rotatable bonds is 1. The molecule has 0 spiro atoms. The third kappa shape index (κ3) is 1.72. The van der Waals surface area contributed by atoms with Gasteiger partial charge in [0.05, 0.1) is 0 Å². The molecule has 0 heterocycles. The molecule has 1 aromatic carbocycles. The van der Waals surface area contributed by atoms with Crippen LogP contribution in [-0.4, -0.2) is 5.12 Å². The minimum absolute atomic E-state index is 0.227. The molecule has 0 saturated carbocycles. The first-order valence-electron chi connectivity index (χ1n) is 2.70. The number of thiol groups is 1. The lowest BCUT2D eigenvalue weighted by molar-refractivity contribution is 0.109. The Morgan fingerprint density at radius 2 is 1.80 bits per heavy atom. The molecule has 10 heavy (non-hydrogen) atoms. The summed E-state index contributed by atoms with van der Waals surface area (Å²) in [6, 6.07) is 6.74. The molecule has 1 aromatic rings. The largest absolute Gasteiger partial charge is 0.780 e. The molecule has 1 rings (SSSR count). The molecule has 0 bridgehead atoms. The van der Waals surface area contributed by atoms with Crippen LogP contribution < -0.4 is 0 Å². The third-order valence-electron chi connectivity index (χ3n) is 1.10. The van der Waals surface area contributed by atoms with Crippen molar-refractivity contribution in [2.45, 2.75) is 4.90 Å². The zero-order valence-corrected chi connectivity index (χ0v) is 6.78. The number of hydrogen-bond acceptors (Lipinski definition) is 2. The van der Waals surface area contributed by atoms with Gasteiger partial charge in [-0.1, -0.05) is 24.3 Å². The van der Waals surface area contributed by atoms with E-state index in [-0.39, 0.29) is 5.12 Å². The highest BCUT2D eigenvalue weighted by molar-refractivity contribution is 7.97. The van der Waals surface area contributed by atoms with Crippen molar-refractivity contribution in [1.82, 2.24) is 0 Å². The van der Waals surface area contributed by atoms with Crippen molar-refractivity contribution < 1.29 is 4.79 Å². The first-order valence-corrected chi connectivity index (χ1v) is 3.56. The number of benzene rings is 1. The van der Waals surface area contributed by atoms with E-state index in [1.165, 1.54) is 0 Å². The lowest BCUT2D eigenvalue weighted by Crippen LogP contribution is -1.86. The maximum atomic E-state index is 10.6. The Labute approximate surface area is 70.3 Å². The normalized spacial score (nSPS) is 9.30. The Bertz CT molecular complexity index is 240. The fraction of sp³-hybridized carbons (Fsp3) is 0. The predicted molar refractivity (Wildman–Crippen MR) is 45.4 cm³/mol. The lowest BCUT2D eigenvalue weighted by Gasteiger charge is -2.02. The molecule has 0 aliphatic rings. The van der Waals surface area contributed by atoms with Crippen LogP contribution in [0.3, 0.4) is 0 Å². The third-order valence-corrected chi connectivity index (χ3v) is 1.63. The van der Waals surface area contributed by atoms with E-state index in [0.29, 0.717) is 5.56 Å². The van der Waals surface area contributed by atoms with Crippen LogP contribution in [0.15, 0.2) is 29.2 Å². The Balaban J connectivity index is 3.00. The molecule has 0 unspecified atom stereocenters. The number of carbonyl (C=O) groups is 1. The monoisotopic (exact) mass is 169 g/mol. The Hall–Kier alpha value is -0.540. The van der Waals surface area contributed by atoms with Crippen molar-refractivity contribution >= 4 is 30.4 Å². The quantitative estimate of drug-likeness (QED) is 0.508. The van der Waals surface area contributed by atoms with Gasteiger partial charge in [-0.3, -0.25) is 4.79 Å². The van der Waals surface area contributed by atoms with Crippen LogP contribution in [0.25, 0.3) is 0 Å². The molecule has 0 N–H and O–H groups in total. The molecule has 0 aromatic heterocycles. The molecule has 0 radical (unpaired) electrons. The van der Waals surface area contributed by atoms with Gasteiger partial charge in [0.15, 0.2) is 0 Å². The second-order valence-corrected chi connectivity index (χ2v) is 2.71. The zero-order valence-electron chi connectivity index (χ0n) is 5.07. The predicted octanol–water partition coefficient (Wildman–Crippen LogP) is 1.66. The summed E-state index contributed by atoms with van der Waals surface area (Å²) in [6.45, 7) is 0. The van der Waals surface area contributed by atoms with Crippen LogP contribution in [0, 0.1) is 0 Å². The van der Waals surface area contributed by atoms with E-state index < -0.39 is 0 Å². The molecule has 0 saturated heterocycles. The lowest BCUT2D eigenvalue weighted by atomic mass is 10.2. The Morgan fingerprint density at radius 1 is 1.30 bits per heavy atom. The summed E-state index contributed by atoms with van der Waals surface area (Å²) >= 11 is 8.47. The summed E-state index contributed by atoms with van der Waals surface area (Å²) in [5, 5.41) is -0.227. The van der Waals surface area contributed by atoms with Crippen LogP contribution in [0.1, 0.15) is 10.4 Å². The van der Waals surface area contributed by atoms with Gasteiger partial charge in [-0.2, -0.15) is 4.90 Å². The van der Waals surface area contributed by atoms with E-state index in [4.69, 9.17) is 12.6 Å². The highest BCUT2D eigenvalue weighted by atomic mass is 32.1. The summed E-state index contributed by atoms with van der Waals surface area (Å²) in [4.78, 5) is 11.3. The van der Waals surface area contributed by atoms with Crippen molar-refractivity contribution in [3.05, 3.63) is 29.8 Å². The van der Waals surface area contributed by atoms with E-state index in [9.17, 15) is 4.79 Å². The van der Waals surface area contributed by atoms with E-state index in [2.05, 4.69) is 12.6 Å². The van der Waals surface area contributed by atoms with Crippen LogP contribution in [0.2, 0.25) is 0 Å². The summed E-state index contributed by atoms with van der Waals surface area (Å²) in [5.74, 6) is 0. The summed E-state index contributed by atoms with van der Waals surface area (Å²) in [7, 11) is 0. The summed E-state index contributed by atoms with van der Waals surface area (Å²) in [6.07, 6.45) is 0. The van der Waals surface area contributed by atoms with Crippen LogP contribution in [0.4, 0.5) is 0 Å². The highest BCUT2D eigenvalue weighted by Crippen LogP contribution is 2.05. The first-order chi connectivity index (χ1) is 4.70. The second kappa shape index (κ2) is 3.03. The van der Waals surface area contributed by atoms with Crippen molar-refractivity contribution in [3.8, 4) is 0 Å². The Kier molecular flexibility index (Phi) is 2.29. The van der Waals surface area contributed by atoms with Gasteiger partial charge >= 0.3 is 0 Å². The summed E-state index contributed by atoms with van der Waals surface area (Å²) < 4.78 is 0. The van der Waals surface area contributed by atoms with Crippen LogP contribution in [-0.2, 0) is 12.6 Å². The van der Waals surface area contributed by atoms with Gasteiger partial charge in [-0.25, -0.2) is 0 Å². The van der Waals surface area contributed by atoms with Gasteiger partial charge in [0, 0.05) is 5.56 Å². The van der Waals surface area contributed by atoms with Gasteiger partial charge in [0.1, 0.15) is 0 Å². The standard InChI is InChI=1S/C7H6OS2/c8-7(10)5-1-3-6(9)4-2-5/h1-4,9H,(H,8,10)/p-1. The van der Waals surface area contributed by atoms with E-state index in [1.807, 2.05) is 0 Å². The fourth-order valence-electron chi connectivity index (χ4n) is 0.598. The minimum Gasteiger partial charge on any atom is -0.780 e. The van der Waals surface area contributed by atoms with Gasteiger partial charge in [0.25, 0.3) is 0 Å². The molecule has 1 nitrogen and oxygen atoms in total. The highest BCUT2D eigenvalue weighted by Gasteiger charge is 1.94. The van der Waals surface area contributed by atoms with Crippen molar-refractivity contribution in [1.29, 1.82) is 0 Å². The van der Waals surface area contributed by atoms with Gasteiger partial charge < -0.3 is 12.6 Å². The molecule has 52 valence electrons. The Morgan fingerprint density at radius 3 is 2.20 bits per heavy atom. The smallest absolute Gasteiger partial charge is 0.216 e. The van der Waals surface area contributed by atoms with Crippen LogP contribution in [0.5, 0.6) is 0 Å². The van der Waals surface area contributed by atoms with Crippen molar-refractivity contribution in [3.63, 3.8) is 0 Å². The molecule has 0 aliphatic carbocycles. The molecule has 0 amide bonds. The summed E-state index contributed by atoms with van der Waals surface area (Å²) in [5.41, 5.74) is 0.580. The minimum atomic E-state index is -0.227. The van der Waals surface area contributed by atoms with Crippen LogP contribution >= 0.6 is 12.6 Å². The number of hydrogen-bond donors (Lipinski definition) is 1. The average Bonchev–Trinajstić information content (AvgIpc) is 1.88. The maximum absolute atomic E-state index is 10.6. The molecular weight excluding hydrogens is 164 g/mol. The molecular formula is C7H5OS2-. The zero-order chi connectivity index (χ0) is 7.56. The second-order valence-electron chi connectivity index (χ2n) is 1.83. The number of carbonyl (C=O) groups excluding carboxylic acids is 1. The van der Waals surface area contributed by atoms with E-state index >= 15 is 0 Å². The maximum Gasteiger partial charge on any atom is 0.216 e. The first kappa shape index (κ1) is 7.57. The van der Waals surface area contributed by atoms with Crippen molar-refractivity contribution in [2.24, 2.45) is 0 Å². The molecule has 0 aliphatic heterocycles. The van der Waals surface area contributed by atoms with Gasteiger partial charge in [-0.05, 0) is 0 Å². The molecule has 3 heteroatoms. The van der Waals surface area contributed by atoms with Gasteiger partial charge in [-0.15, -0.1) is 12.6 Å². The van der Waals surface area contributed by atoms with Gasteiger partial charge in [0.2, 0.25) is 5.12 Å². The van der Waals surface area contributed by atoms with E-state index in [1.54, 1.807) is 24.3 Å². The average molecular weight is 169 g/mol. The SMILES string of the molecule is O=C(S)c1ccc([S-])cc1. The van der Waals surface area contributed by atoms with E-state index in [0.717, 1.165) is 4.90 Å².